The number of pyridine rings is 2. The molecule has 0 saturated heterocycles. The largest absolute Gasteiger partial charge is 0.508 e. The molecular weight excluding hydrogens is 1750 g/mol. The lowest BCUT2D eigenvalue weighted by Gasteiger charge is -2.11. The number of rotatable bonds is 22. The van der Waals surface area contributed by atoms with Crippen LogP contribution in [0.2, 0.25) is 0 Å². The van der Waals surface area contributed by atoms with Crippen molar-refractivity contribution in [2.45, 2.75) is 27.7 Å². The van der Waals surface area contributed by atoms with E-state index in [1.54, 1.807) is 182 Å². The zero-order valence-corrected chi connectivity index (χ0v) is 73.2. The zero-order valence-electron chi connectivity index (χ0n) is 69.9. The maximum atomic E-state index is 13.5. The van der Waals surface area contributed by atoms with Gasteiger partial charge in [0, 0.05) is 91.0 Å². The van der Waals surface area contributed by atoms with Gasteiger partial charge < -0.3 is 59.1 Å². The molecular formula is C106H70N2O20S4. The Hall–Kier alpha value is -16.8. The number of nitrogens with zero attached hydrogens (tertiary/aromatic N) is 2. The van der Waals surface area contributed by atoms with Crippen LogP contribution in [0.25, 0.3) is 83.7 Å². The fourth-order valence-electron chi connectivity index (χ4n) is 15.0. The van der Waals surface area contributed by atoms with Crippen molar-refractivity contribution < 1.29 is 97.4 Å². The van der Waals surface area contributed by atoms with E-state index in [0.29, 0.717) is 144 Å². The molecule has 648 valence electrons. The molecule has 0 aliphatic carbocycles. The number of thiophene rings is 4. The number of benzene rings is 14. The van der Waals surface area contributed by atoms with Crippen molar-refractivity contribution in [2.24, 2.45) is 0 Å². The smallest absolute Gasteiger partial charge is 0.337 e. The standard InChI is InChI=1S/2C27H18O5S.2C26H17NO5S/c1-15-5-2-3-7-19(15)24(29)26-25(21-12-10-18(28)14-23(21)33-26)32-22-8-4-6-16-13-17(27(30)31)9-11-20(16)22;1-16-4-2-3-5-22(16)25(30)27-26(23-11-8-19(29)14-24(23)33-27)32-21-10-7-17-12-20(31-15-28)9-6-18(17)13-21;1-14-5-2-3-7-18(14)23(29)25-24(19-10-9-17(28)12-21(19)33-25)32-20-8-4-6-15-11-16(26(30)31)13-27-22(15)20;1-15-4-2-3-5-20(15)24(30)26-25(21-9-7-17(29)11-23(21)33-26)32-18-8-6-16-10-19(31-14-28)13-27-22(16)12-18/h2-14,28H,1H3,(H,30,31);2-15,29H,1H3;2-13,28H,1H3,(H,30,31);2-14,29H,1H3. The molecule has 0 spiro atoms. The van der Waals surface area contributed by atoms with Gasteiger partial charge in [-0.3, -0.25) is 38.7 Å². The lowest BCUT2D eigenvalue weighted by molar-refractivity contribution is -0.121. The molecule has 0 bridgehead atoms. The molecule has 20 aromatic rings. The molecule has 0 fully saturated rings. The molecule has 0 saturated carbocycles. The van der Waals surface area contributed by atoms with Gasteiger partial charge >= 0.3 is 11.9 Å². The van der Waals surface area contributed by atoms with Crippen molar-refractivity contribution in [1.29, 1.82) is 0 Å². The van der Waals surface area contributed by atoms with Crippen molar-refractivity contribution in [3.05, 3.63) is 379 Å². The van der Waals surface area contributed by atoms with Gasteiger partial charge in [0.05, 0.1) is 22.8 Å². The Kier molecular flexibility index (Phi) is 24.9. The molecule has 6 N–H and O–H groups in total. The summed E-state index contributed by atoms with van der Waals surface area (Å²) in [5, 5.41) is 65.9. The molecule has 0 amide bonds. The highest BCUT2D eigenvalue weighted by molar-refractivity contribution is 7.22. The first-order valence-corrected chi connectivity index (χ1v) is 43.8. The SMILES string of the molecule is Cc1ccccc1C(=O)c1sc2cc(O)ccc2c1Oc1ccc2cc(OC=O)ccc2c1.Cc1ccccc1C(=O)c1sc2cc(O)ccc2c1Oc1ccc2cc(OC=O)cnc2c1.Cc1ccccc1C(=O)c1sc2cc(O)ccc2c1Oc1cccc2cc(C(=O)O)ccc12.Cc1ccccc1C(=O)c1sc2cc(O)ccc2c1Oc1cccc2cc(C(=O)O)cnc12. The fourth-order valence-corrected chi connectivity index (χ4v) is 19.4. The summed E-state index contributed by atoms with van der Waals surface area (Å²) >= 11 is 5.09. The number of fused-ring (bicyclic) bond motifs is 8. The predicted octanol–water partition coefficient (Wildman–Crippen LogP) is 25.6. The van der Waals surface area contributed by atoms with Gasteiger partial charge in [-0.2, -0.15) is 0 Å². The second-order valence-corrected chi connectivity index (χ2v) is 34.4. The van der Waals surface area contributed by atoms with E-state index >= 15 is 0 Å². The Bertz CT molecular complexity index is 7620. The summed E-state index contributed by atoms with van der Waals surface area (Å²) in [5.74, 6) is 2.26. The maximum Gasteiger partial charge on any atom is 0.337 e. The summed E-state index contributed by atoms with van der Waals surface area (Å²) in [6.07, 6.45) is 2.73. The molecule has 20 rings (SSSR count). The molecule has 14 aromatic carbocycles. The summed E-state index contributed by atoms with van der Waals surface area (Å²) in [7, 11) is 0. The van der Waals surface area contributed by atoms with Gasteiger partial charge in [-0.1, -0.05) is 133 Å². The van der Waals surface area contributed by atoms with Crippen LogP contribution in [0, 0.1) is 27.7 Å². The molecule has 6 heterocycles. The molecule has 0 unspecified atom stereocenters. The third kappa shape index (κ3) is 18.3. The summed E-state index contributed by atoms with van der Waals surface area (Å²) in [5.41, 5.74) is 7.22. The lowest BCUT2D eigenvalue weighted by Crippen LogP contribution is -2.03. The van der Waals surface area contributed by atoms with Crippen LogP contribution in [0.1, 0.15) is 104 Å². The summed E-state index contributed by atoms with van der Waals surface area (Å²) in [6, 6.07) is 84.1. The number of aryl methyl sites for hydroxylation is 4. The van der Waals surface area contributed by atoms with E-state index in [9.17, 15) is 69.0 Å². The molecule has 0 atom stereocenters. The summed E-state index contributed by atoms with van der Waals surface area (Å²) in [6.45, 7) is 8.31. The van der Waals surface area contributed by atoms with E-state index in [2.05, 4.69) is 9.97 Å². The van der Waals surface area contributed by atoms with Crippen LogP contribution in [0.15, 0.2) is 304 Å². The number of carbonyl (C=O) groups excluding carboxylic acids is 6. The number of ether oxygens (including phenoxy) is 6. The van der Waals surface area contributed by atoms with E-state index in [-0.39, 0.29) is 57.3 Å². The fraction of sp³-hybridized carbons (Fsp3) is 0.0377. The molecule has 0 radical (unpaired) electrons. The van der Waals surface area contributed by atoms with Gasteiger partial charge in [0.1, 0.15) is 76.8 Å². The first-order valence-electron chi connectivity index (χ1n) is 40.6. The van der Waals surface area contributed by atoms with Crippen LogP contribution in [0.4, 0.5) is 0 Å². The van der Waals surface area contributed by atoms with Crippen LogP contribution in [0.3, 0.4) is 0 Å². The average molecular weight is 1820 g/mol. The van der Waals surface area contributed by atoms with Crippen molar-refractivity contribution in [3.63, 3.8) is 0 Å². The van der Waals surface area contributed by atoms with Gasteiger partial charge in [-0.15, -0.1) is 45.3 Å². The number of carboxylic acid groups (broad SMARTS) is 2. The minimum atomic E-state index is -1.06. The number of carbonyl (C=O) groups is 8. The third-order valence-corrected chi connectivity index (χ3v) is 26.1. The van der Waals surface area contributed by atoms with Crippen molar-refractivity contribution in [2.75, 3.05) is 0 Å². The highest BCUT2D eigenvalue weighted by Crippen LogP contribution is 2.50. The van der Waals surface area contributed by atoms with Gasteiger partial charge in [0.15, 0.2) is 28.7 Å². The summed E-state index contributed by atoms with van der Waals surface area (Å²) in [4.78, 5) is 108. The Labute approximate surface area is 766 Å². The van der Waals surface area contributed by atoms with Crippen LogP contribution in [-0.4, -0.2) is 88.6 Å². The number of ketones is 4. The van der Waals surface area contributed by atoms with Gasteiger partial charge in [-0.05, 0) is 218 Å². The number of aromatic hydroxyl groups is 4. The number of para-hydroxylation sites is 1. The Balaban J connectivity index is 0.000000123. The lowest BCUT2D eigenvalue weighted by atomic mass is 10.0. The summed E-state index contributed by atoms with van der Waals surface area (Å²) < 4.78 is 37.9. The Morgan fingerprint density at radius 2 is 0.652 bits per heavy atom. The van der Waals surface area contributed by atoms with E-state index in [1.165, 1.54) is 69.9 Å². The van der Waals surface area contributed by atoms with E-state index < -0.39 is 11.9 Å². The molecule has 0 aliphatic rings. The van der Waals surface area contributed by atoms with Crippen molar-refractivity contribution in [1.82, 2.24) is 9.97 Å². The molecule has 26 heteroatoms. The normalized spacial score (nSPS) is 11.0. The Morgan fingerprint density at radius 1 is 0.295 bits per heavy atom. The van der Waals surface area contributed by atoms with Crippen molar-refractivity contribution >= 4 is 177 Å². The number of hydrogen-bond acceptors (Lipinski definition) is 24. The molecule has 0 aliphatic heterocycles. The third-order valence-electron chi connectivity index (χ3n) is 21.6. The maximum absolute atomic E-state index is 13.5. The van der Waals surface area contributed by atoms with Crippen molar-refractivity contribution in [3.8, 4) is 80.5 Å². The van der Waals surface area contributed by atoms with Gasteiger partial charge in [0.25, 0.3) is 12.9 Å². The number of aromatic carboxylic acids is 2. The monoisotopic (exact) mass is 1820 g/mol. The molecule has 22 nitrogen and oxygen atoms in total. The van der Waals surface area contributed by atoms with Crippen LogP contribution < -0.4 is 28.4 Å². The van der Waals surface area contributed by atoms with E-state index in [0.717, 1.165) is 74.1 Å². The number of phenols is 4. The van der Waals surface area contributed by atoms with Gasteiger partial charge in [-0.25, -0.2) is 9.59 Å². The average Bonchev–Trinajstić information content (AvgIpc) is 1.60. The minimum Gasteiger partial charge on any atom is -0.508 e. The number of hydrogen-bond donors (Lipinski definition) is 6. The Morgan fingerprint density at radius 3 is 1.08 bits per heavy atom. The highest BCUT2D eigenvalue weighted by atomic mass is 32.1. The molecule has 132 heavy (non-hydrogen) atoms. The van der Waals surface area contributed by atoms with Crippen LogP contribution >= 0.6 is 45.3 Å². The van der Waals surface area contributed by atoms with E-state index in [4.69, 9.17) is 28.4 Å². The number of carboxylic acids is 2. The zero-order chi connectivity index (χ0) is 92.1. The van der Waals surface area contributed by atoms with Gasteiger partial charge in [0.2, 0.25) is 23.1 Å². The van der Waals surface area contributed by atoms with E-state index in [1.807, 2.05) is 125 Å². The van der Waals surface area contributed by atoms with Crippen LogP contribution in [-0.2, 0) is 9.59 Å². The first-order chi connectivity index (χ1) is 63.9. The quantitative estimate of drug-likeness (QED) is 0.0271. The highest BCUT2D eigenvalue weighted by Gasteiger charge is 2.30. The first kappa shape index (κ1) is 87.3. The minimum absolute atomic E-state index is 0.0755. The topological polar surface area (TPSA) is 339 Å². The number of phenolic OH excluding ortho intramolecular Hbond substituents is 4. The molecule has 6 aromatic heterocycles. The van der Waals surface area contributed by atoms with Crippen LogP contribution in [0.5, 0.6) is 80.5 Å². The number of aromatic nitrogens is 2. The predicted molar refractivity (Wildman–Crippen MR) is 511 cm³/mol. The second-order valence-electron chi connectivity index (χ2n) is 30.2. The second kappa shape index (κ2) is 37.6.